The SMILES string of the molecule is CCOCCCNc1nc(C)nc2c1Cc1ccccc1OC2. The molecule has 1 aromatic heterocycles. The Labute approximate surface area is 137 Å². The van der Waals surface area contributed by atoms with Crippen LogP contribution in [0.15, 0.2) is 24.3 Å². The Kier molecular flexibility index (Phi) is 5.08. The predicted octanol–water partition coefficient (Wildman–Crippen LogP) is 3.11. The minimum atomic E-state index is 0.489. The van der Waals surface area contributed by atoms with Crippen molar-refractivity contribution in [2.75, 3.05) is 25.1 Å². The number of hydrogen-bond donors (Lipinski definition) is 1. The quantitative estimate of drug-likeness (QED) is 0.831. The summed E-state index contributed by atoms with van der Waals surface area (Å²) in [6.07, 6.45) is 1.75. The summed E-state index contributed by atoms with van der Waals surface area (Å²) in [6, 6.07) is 8.15. The maximum absolute atomic E-state index is 5.90. The first-order valence-corrected chi connectivity index (χ1v) is 8.16. The van der Waals surface area contributed by atoms with Gasteiger partial charge in [-0.1, -0.05) is 18.2 Å². The van der Waals surface area contributed by atoms with E-state index in [1.165, 1.54) is 5.56 Å². The van der Waals surface area contributed by atoms with Gasteiger partial charge >= 0.3 is 0 Å². The second-order valence-electron chi connectivity index (χ2n) is 5.60. The first-order chi connectivity index (χ1) is 11.3. The van der Waals surface area contributed by atoms with Crippen molar-refractivity contribution in [1.82, 2.24) is 9.97 Å². The van der Waals surface area contributed by atoms with Crippen LogP contribution in [0.2, 0.25) is 0 Å². The average Bonchev–Trinajstić information content (AvgIpc) is 2.74. The van der Waals surface area contributed by atoms with E-state index < -0.39 is 0 Å². The lowest BCUT2D eigenvalue weighted by Crippen LogP contribution is -2.13. The van der Waals surface area contributed by atoms with Gasteiger partial charge in [0.05, 0.1) is 5.69 Å². The summed E-state index contributed by atoms with van der Waals surface area (Å²) in [7, 11) is 0. The molecule has 0 radical (unpaired) electrons. The summed E-state index contributed by atoms with van der Waals surface area (Å²) < 4.78 is 11.3. The van der Waals surface area contributed by atoms with E-state index in [-0.39, 0.29) is 0 Å². The number of hydrogen-bond acceptors (Lipinski definition) is 5. The highest BCUT2D eigenvalue weighted by Gasteiger charge is 2.19. The Morgan fingerprint density at radius 1 is 1.26 bits per heavy atom. The molecule has 0 saturated heterocycles. The molecule has 2 heterocycles. The molecule has 3 rings (SSSR count). The molecule has 0 unspecified atom stereocenters. The third-order valence-electron chi connectivity index (χ3n) is 3.87. The van der Waals surface area contributed by atoms with E-state index in [4.69, 9.17) is 9.47 Å². The van der Waals surface area contributed by atoms with Crippen LogP contribution in [-0.2, 0) is 17.8 Å². The standard InChI is InChI=1S/C18H23N3O2/c1-3-22-10-6-9-19-18-15-11-14-7-4-5-8-17(14)23-12-16(15)20-13(2)21-18/h4-5,7-8H,3,6,9-12H2,1-2H3,(H,19,20,21). The molecule has 1 N–H and O–H groups in total. The lowest BCUT2D eigenvalue weighted by atomic mass is 10.0. The molecule has 1 aliphatic heterocycles. The van der Waals surface area contributed by atoms with Crippen molar-refractivity contribution in [3.05, 3.63) is 46.9 Å². The largest absolute Gasteiger partial charge is 0.487 e. The number of ether oxygens (including phenoxy) is 2. The molecule has 0 spiro atoms. The zero-order valence-electron chi connectivity index (χ0n) is 13.8. The van der Waals surface area contributed by atoms with Gasteiger partial charge in [-0.25, -0.2) is 9.97 Å². The number of aryl methyl sites for hydroxylation is 1. The third-order valence-corrected chi connectivity index (χ3v) is 3.87. The van der Waals surface area contributed by atoms with Crippen molar-refractivity contribution in [3.63, 3.8) is 0 Å². The number of nitrogens with zero attached hydrogens (tertiary/aromatic N) is 2. The van der Waals surface area contributed by atoms with Crippen molar-refractivity contribution in [2.24, 2.45) is 0 Å². The van der Waals surface area contributed by atoms with Gasteiger partial charge in [-0.15, -0.1) is 0 Å². The Hall–Kier alpha value is -2.14. The van der Waals surface area contributed by atoms with Crippen LogP contribution in [0.4, 0.5) is 5.82 Å². The molecule has 23 heavy (non-hydrogen) atoms. The summed E-state index contributed by atoms with van der Waals surface area (Å²) in [5, 5.41) is 3.44. The normalized spacial score (nSPS) is 12.8. The number of nitrogens with one attached hydrogen (secondary N) is 1. The Morgan fingerprint density at radius 2 is 2.13 bits per heavy atom. The summed E-state index contributed by atoms with van der Waals surface area (Å²) in [6.45, 7) is 6.79. The summed E-state index contributed by atoms with van der Waals surface area (Å²) in [5.74, 6) is 2.63. The highest BCUT2D eigenvalue weighted by Crippen LogP contribution is 2.30. The fourth-order valence-corrected chi connectivity index (χ4v) is 2.76. The van der Waals surface area contributed by atoms with Crippen LogP contribution in [0, 0.1) is 6.92 Å². The molecular weight excluding hydrogens is 290 g/mol. The fourth-order valence-electron chi connectivity index (χ4n) is 2.76. The molecule has 0 bridgehead atoms. The van der Waals surface area contributed by atoms with Crippen molar-refractivity contribution >= 4 is 5.82 Å². The minimum absolute atomic E-state index is 0.489. The second kappa shape index (κ2) is 7.42. The van der Waals surface area contributed by atoms with Gasteiger partial charge in [0.15, 0.2) is 0 Å². The van der Waals surface area contributed by atoms with E-state index in [1.807, 2.05) is 32.0 Å². The van der Waals surface area contributed by atoms with Crippen molar-refractivity contribution < 1.29 is 9.47 Å². The van der Waals surface area contributed by atoms with Gasteiger partial charge < -0.3 is 14.8 Å². The molecule has 0 fully saturated rings. The molecule has 0 amide bonds. The van der Waals surface area contributed by atoms with Crippen LogP contribution in [0.25, 0.3) is 0 Å². The first kappa shape index (κ1) is 15.7. The number of aromatic nitrogens is 2. The van der Waals surface area contributed by atoms with Crippen LogP contribution in [0.1, 0.15) is 36.0 Å². The third kappa shape index (κ3) is 3.79. The zero-order valence-corrected chi connectivity index (χ0v) is 13.8. The lowest BCUT2D eigenvalue weighted by Gasteiger charge is -2.13. The van der Waals surface area contributed by atoms with Crippen molar-refractivity contribution in [2.45, 2.75) is 33.3 Å². The van der Waals surface area contributed by atoms with Gasteiger partial charge in [0, 0.05) is 31.7 Å². The summed E-state index contributed by atoms with van der Waals surface area (Å²) in [4.78, 5) is 9.17. The topological polar surface area (TPSA) is 56.3 Å². The maximum atomic E-state index is 5.90. The Balaban J connectivity index is 1.80. The number of rotatable bonds is 6. The van der Waals surface area contributed by atoms with E-state index in [9.17, 15) is 0 Å². The summed E-state index contributed by atoms with van der Waals surface area (Å²) >= 11 is 0. The van der Waals surface area contributed by atoms with E-state index in [0.29, 0.717) is 6.61 Å². The molecule has 5 nitrogen and oxygen atoms in total. The molecule has 0 atom stereocenters. The van der Waals surface area contributed by atoms with Crippen LogP contribution in [0.3, 0.4) is 0 Å². The zero-order chi connectivity index (χ0) is 16.1. The van der Waals surface area contributed by atoms with Gasteiger partial charge in [-0.3, -0.25) is 0 Å². The van der Waals surface area contributed by atoms with Gasteiger partial charge in [0.1, 0.15) is 24.0 Å². The maximum Gasteiger partial charge on any atom is 0.133 e. The molecule has 5 heteroatoms. The fraction of sp³-hybridized carbons (Fsp3) is 0.444. The molecule has 1 aromatic carbocycles. The Bertz CT molecular complexity index is 673. The van der Waals surface area contributed by atoms with Gasteiger partial charge in [0.25, 0.3) is 0 Å². The molecule has 122 valence electrons. The lowest BCUT2D eigenvalue weighted by molar-refractivity contribution is 0.147. The molecular formula is C18H23N3O2. The van der Waals surface area contributed by atoms with Crippen LogP contribution < -0.4 is 10.1 Å². The van der Waals surface area contributed by atoms with Gasteiger partial charge in [-0.2, -0.15) is 0 Å². The van der Waals surface area contributed by atoms with Gasteiger partial charge in [0.2, 0.25) is 0 Å². The first-order valence-electron chi connectivity index (χ1n) is 8.16. The molecule has 2 aromatic rings. The second-order valence-corrected chi connectivity index (χ2v) is 5.60. The monoisotopic (exact) mass is 313 g/mol. The highest BCUT2D eigenvalue weighted by atomic mass is 16.5. The number of para-hydroxylation sites is 1. The predicted molar refractivity (Wildman–Crippen MR) is 89.9 cm³/mol. The Morgan fingerprint density at radius 3 is 3.00 bits per heavy atom. The van der Waals surface area contributed by atoms with Crippen LogP contribution in [-0.4, -0.2) is 29.7 Å². The highest BCUT2D eigenvalue weighted by molar-refractivity contribution is 5.52. The van der Waals surface area contributed by atoms with E-state index in [0.717, 1.165) is 61.2 Å². The molecule has 1 aliphatic rings. The van der Waals surface area contributed by atoms with E-state index >= 15 is 0 Å². The van der Waals surface area contributed by atoms with E-state index in [2.05, 4.69) is 21.4 Å². The number of fused-ring (bicyclic) bond motifs is 2. The van der Waals surface area contributed by atoms with Crippen LogP contribution in [0.5, 0.6) is 5.75 Å². The van der Waals surface area contributed by atoms with Crippen molar-refractivity contribution in [3.8, 4) is 5.75 Å². The molecule has 0 aliphatic carbocycles. The summed E-state index contributed by atoms with van der Waals surface area (Å²) in [5.41, 5.74) is 3.29. The van der Waals surface area contributed by atoms with E-state index in [1.54, 1.807) is 0 Å². The van der Waals surface area contributed by atoms with Gasteiger partial charge in [-0.05, 0) is 31.9 Å². The molecule has 0 saturated carbocycles. The minimum Gasteiger partial charge on any atom is -0.487 e. The van der Waals surface area contributed by atoms with Crippen LogP contribution >= 0.6 is 0 Å². The van der Waals surface area contributed by atoms with Crippen molar-refractivity contribution in [1.29, 1.82) is 0 Å². The average molecular weight is 313 g/mol. The number of benzene rings is 1. The smallest absolute Gasteiger partial charge is 0.133 e. The number of anilines is 1.